The van der Waals surface area contributed by atoms with Crippen LogP contribution in [0.5, 0.6) is 0 Å². The van der Waals surface area contributed by atoms with Gasteiger partial charge in [-0.2, -0.15) is 0 Å². The summed E-state index contributed by atoms with van der Waals surface area (Å²) in [6, 6.07) is 10.5. The SMILES string of the molecule is CCCCCCCCCCCC[C@@H](Cl)c1ccccc1. The lowest BCUT2D eigenvalue weighted by atomic mass is 10.0. The molecule has 0 N–H and O–H groups in total. The Morgan fingerprint density at radius 2 is 1.25 bits per heavy atom. The molecule has 0 spiro atoms. The monoisotopic (exact) mass is 294 g/mol. The lowest BCUT2D eigenvalue weighted by molar-refractivity contribution is 0.547. The average Bonchev–Trinajstić information content (AvgIpc) is 2.50. The van der Waals surface area contributed by atoms with E-state index in [0.717, 1.165) is 6.42 Å². The number of unbranched alkanes of at least 4 members (excludes halogenated alkanes) is 9. The number of hydrogen-bond donors (Lipinski definition) is 0. The summed E-state index contributed by atoms with van der Waals surface area (Å²) in [4.78, 5) is 0. The van der Waals surface area contributed by atoms with Crippen LogP contribution in [0.1, 0.15) is 88.5 Å². The number of benzene rings is 1. The van der Waals surface area contributed by atoms with Gasteiger partial charge in [-0.25, -0.2) is 0 Å². The second kappa shape index (κ2) is 12.3. The zero-order chi connectivity index (χ0) is 14.5. The van der Waals surface area contributed by atoms with Gasteiger partial charge in [-0.1, -0.05) is 101 Å². The summed E-state index contributed by atoms with van der Waals surface area (Å²) in [5, 5.41) is 0.199. The van der Waals surface area contributed by atoms with E-state index in [2.05, 4.69) is 31.2 Å². The molecule has 1 atom stereocenters. The van der Waals surface area contributed by atoms with Crippen molar-refractivity contribution in [1.29, 1.82) is 0 Å². The van der Waals surface area contributed by atoms with E-state index in [1.807, 2.05) is 6.07 Å². The molecule has 0 fully saturated rings. The molecular weight excluding hydrogens is 264 g/mol. The smallest absolute Gasteiger partial charge is 0.0585 e. The predicted molar refractivity (Wildman–Crippen MR) is 91.5 cm³/mol. The Hall–Kier alpha value is -0.490. The van der Waals surface area contributed by atoms with Crippen LogP contribution < -0.4 is 0 Å². The molecule has 1 rings (SSSR count). The van der Waals surface area contributed by atoms with Crippen molar-refractivity contribution in [1.82, 2.24) is 0 Å². The zero-order valence-electron chi connectivity index (χ0n) is 13.1. The van der Waals surface area contributed by atoms with Crippen LogP contribution in [0.3, 0.4) is 0 Å². The molecule has 0 aliphatic heterocycles. The van der Waals surface area contributed by atoms with Gasteiger partial charge in [-0.15, -0.1) is 11.6 Å². The van der Waals surface area contributed by atoms with E-state index < -0.39 is 0 Å². The van der Waals surface area contributed by atoms with Crippen LogP contribution in [0.25, 0.3) is 0 Å². The first-order valence-corrected chi connectivity index (χ1v) is 8.97. The molecule has 114 valence electrons. The van der Waals surface area contributed by atoms with Crippen LogP contribution in [-0.4, -0.2) is 0 Å². The third-order valence-electron chi connectivity index (χ3n) is 3.97. The van der Waals surface area contributed by atoms with Crippen molar-refractivity contribution in [2.24, 2.45) is 0 Å². The van der Waals surface area contributed by atoms with Crippen LogP contribution >= 0.6 is 11.6 Å². The molecule has 0 nitrogen and oxygen atoms in total. The van der Waals surface area contributed by atoms with Crippen molar-refractivity contribution in [2.75, 3.05) is 0 Å². The Morgan fingerprint density at radius 3 is 1.80 bits per heavy atom. The summed E-state index contributed by atoms with van der Waals surface area (Å²) in [6.07, 6.45) is 15.0. The minimum Gasteiger partial charge on any atom is -0.118 e. The molecule has 0 aliphatic carbocycles. The van der Waals surface area contributed by atoms with E-state index >= 15 is 0 Å². The second-order valence-corrected chi connectivity index (χ2v) is 6.38. The second-order valence-electron chi connectivity index (χ2n) is 5.85. The fourth-order valence-corrected chi connectivity index (χ4v) is 2.94. The van der Waals surface area contributed by atoms with Gasteiger partial charge in [0.05, 0.1) is 5.38 Å². The molecule has 1 aromatic carbocycles. The normalized spacial score (nSPS) is 12.5. The summed E-state index contributed by atoms with van der Waals surface area (Å²) in [5.41, 5.74) is 1.27. The maximum Gasteiger partial charge on any atom is 0.0585 e. The quantitative estimate of drug-likeness (QED) is 0.281. The van der Waals surface area contributed by atoms with E-state index in [9.17, 15) is 0 Å². The third-order valence-corrected chi connectivity index (χ3v) is 4.44. The lowest BCUT2D eigenvalue weighted by Gasteiger charge is -2.09. The molecule has 1 aromatic rings. The molecule has 0 heterocycles. The first-order chi connectivity index (χ1) is 9.84. The van der Waals surface area contributed by atoms with Gasteiger partial charge in [0.15, 0.2) is 0 Å². The van der Waals surface area contributed by atoms with Crippen LogP contribution in [0.4, 0.5) is 0 Å². The first kappa shape index (κ1) is 17.6. The highest BCUT2D eigenvalue weighted by Gasteiger charge is 2.06. The van der Waals surface area contributed by atoms with E-state index in [0.29, 0.717) is 0 Å². The maximum atomic E-state index is 6.42. The molecule has 0 bridgehead atoms. The molecule has 20 heavy (non-hydrogen) atoms. The van der Waals surface area contributed by atoms with Crippen LogP contribution in [0, 0.1) is 0 Å². The Kier molecular flexibility index (Phi) is 10.8. The van der Waals surface area contributed by atoms with E-state index in [1.54, 1.807) is 0 Å². The molecular formula is C19H31Cl. The molecule has 1 heteroatoms. The molecule has 0 saturated heterocycles. The number of halogens is 1. The van der Waals surface area contributed by atoms with Crippen LogP contribution in [0.15, 0.2) is 30.3 Å². The van der Waals surface area contributed by atoms with Crippen LogP contribution in [0.2, 0.25) is 0 Å². The Labute approximate surface area is 130 Å². The van der Waals surface area contributed by atoms with Gasteiger partial charge >= 0.3 is 0 Å². The lowest BCUT2D eigenvalue weighted by Crippen LogP contribution is -1.90. The van der Waals surface area contributed by atoms with Gasteiger partial charge in [0, 0.05) is 0 Å². The summed E-state index contributed by atoms with van der Waals surface area (Å²) < 4.78 is 0. The van der Waals surface area contributed by atoms with E-state index in [4.69, 9.17) is 11.6 Å². The van der Waals surface area contributed by atoms with E-state index in [1.165, 1.54) is 69.8 Å². The highest BCUT2D eigenvalue weighted by Crippen LogP contribution is 2.26. The third kappa shape index (κ3) is 8.64. The molecule has 0 aromatic heterocycles. The fraction of sp³-hybridized carbons (Fsp3) is 0.684. The van der Waals surface area contributed by atoms with Crippen molar-refractivity contribution in [3.63, 3.8) is 0 Å². The maximum absolute atomic E-state index is 6.42. The fourth-order valence-electron chi connectivity index (χ4n) is 2.64. The van der Waals surface area contributed by atoms with Gasteiger partial charge < -0.3 is 0 Å². The van der Waals surface area contributed by atoms with Crippen molar-refractivity contribution >= 4 is 11.6 Å². The highest BCUT2D eigenvalue weighted by molar-refractivity contribution is 6.20. The van der Waals surface area contributed by atoms with Gasteiger partial charge in [-0.05, 0) is 12.0 Å². The Balaban J connectivity index is 1.90. The molecule has 0 aliphatic rings. The Bertz CT molecular complexity index is 307. The van der Waals surface area contributed by atoms with Crippen LogP contribution in [-0.2, 0) is 0 Å². The van der Waals surface area contributed by atoms with Gasteiger partial charge in [0.25, 0.3) is 0 Å². The molecule has 0 amide bonds. The average molecular weight is 295 g/mol. The van der Waals surface area contributed by atoms with E-state index in [-0.39, 0.29) is 5.38 Å². The zero-order valence-corrected chi connectivity index (χ0v) is 13.9. The topological polar surface area (TPSA) is 0 Å². The minimum absolute atomic E-state index is 0.199. The van der Waals surface area contributed by atoms with Gasteiger partial charge in [0.2, 0.25) is 0 Å². The summed E-state index contributed by atoms with van der Waals surface area (Å²) in [7, 11) is 0. The van der Waals surface area contributed by atoms with Gasteiger partial charge in [-0.3, -0.25) is 0 Å². The molecule has 0 unspecified atom stereocenters. The number of rotatable bonds is 12. The summed E-state index contributed by atoms with van der Waals surface area (Å²) >= 11 is 6.42. The largest absolute Gasteiger partial charge is 0.118 e. The van der Waals surface area contributed by atoms with Crippen molar-refractivity contribution < 1.29 is 0 Å². The highest BCUT2D eigenvalue weighted by atomic mass is 35.5. The molecule has 0 radical (unpaired) electrons. The summed E-state index contributed by atoms with van der Waals surface area (Å²) in [5.74, 6) is 0. The van der Waals surface area contributed by atoms with Crippen molar-refractivity contribution in [3.05, 3.63) is 35.9 Å². The van der Waals surface area contributed by atoms with Gasteiger partial charge in [0.1, 0.15) is 0 Å². The Morgan fingerprint density at radius 1 is 0.750 bits per heavy atom. The summed E-state index contributed by atoms with van der Waals surface area (Å²) in [6.45, 7) is 2.28. The standard InChI is InChI=1S/C19H31Cl/c1-2-3-4-5-6-7-8-9-10-14-17-19(20)18-15-12-11-13-16-18/h11-13,15-16,19H,2-10,14,17H2,1H3/t19-/m1/s1. The first-order valence-electron chi connectivity index (χ1n) is 8.53. The number of hydrogen-bond acceptors (Lipinski definition) is 0. The van der Waals surface area contributed by atoms with Crippen molar-refractivity contribution in [3.8, 4) is 0 Å². The minimum atomic E-state index is 0.199. The van der Waals surface area contributed by atoms with Crippen molar-refractivity contribution in [2.45, 2.75) is 82.9 Å². The predicted octanol–water partition coefficient (Wildman–Crippen LogP) is 7.28. The number of alkyl halides is 1. The molecule has 0 saturated carbocycles.